The molecule has 0 radical (unpaired) electrons. The molecule has 1 aromatic rings. The summed E-state index contributed by atoms with van der Waals surface area (Å²) in [5, 5.41) is 4.36. The highest BCUT2D eigenvalue weighted by Gasteiger charge is 2.13. The van der Waals surface area contributed by atoms with Crippen LogP contribution in [0.1, 0.15) is 42.4 Å². The van der Waals surface area contributed by atoms with Crippen LogP contribution in [-0.4, -0.2) is 17.5 Å². The van der Waals surface area contributed by atoms with Gasteiger partial charge in [0.25, 0.3) is 0 Å². The van der Waals surface area contributed by atoms with Gasteiger partial charge in [-0.1, -0.05) is 13.8 Å². The normalized spacial score (nSPS) is 13.8. The number of nitrogens with zero attached hydrogens (tertiary/aromatic N) is 2. The van der Waals surface area contributed by atoms with Crippen LogP contribution in [0.5, 0.6) is 0 Å². The highest BCUT2D eigenvalue weighted by Crippen LogP contribution is 2.24. The molecular weight excluding hydrogens is 246 g/mol. The Morgan fingerprint density at radius 2 is 2.06 bits per heavy atom. The maximum Gasteiger partial charge on any atom is 0.206 e. The van der Waals surface area contributed by atoms with Crippen LogP contribution >= 0.6 is 11.3 Å². The van der Waals surface area contributed by atoms with Crippen LogP contribution in [-0.2, 0) is 0 Å². The Balaban J connectivity index is 2.70. The fourth-order valence-electron chi connectivity index (χ4n) is 1.63. The fraction of sp³-hybridized carbons (Fsp3) is 0.667. The fourth-order valence-corrected chi connectivity index (χ4v) is 2.56. The molecule has 0 bridgehead atoms. The first-order valence-corrected chi connectivity index (χ1v) is 6.97. The molecule has 1 unspecified atom stereocenters. The van der Waals surface area contributed by atoms with Crippen LogP contribution in [0, 0.1) is 19.8 Å². The Morgan fingerprint density at radius 1 is 1.39 bits per heavy atom. The lowest BCUT2D eigenvalue weighted by molar-refractivity contribution is 0.644. The number of aromatic nitrogens is 1. The van der Waals surface area contributed by atoms with Crippen molar-refractivity contribution < 1.29 is 0 Å². The van der Waals surface area contributed by atoms with E-state index in [0.717, 1.165) is 17.2 Å². The summed E-state index contributed by atoms with van der Waals surface area (Å²) in [5.74, 6) is 6.61. The monoisotopic (exact) mass is 269 g/mol. The minimum atomic E-state index is 0.151. The zero-order chi connectivity index (χ0) is 13.7. The zero-order valence-electron chi connectivity index (χ0n) is 11.7. The Labute approximate surface area is 113 Å². The number of hydrogen-bond acceptors (Lipinski definition) is 4. The molecule has 1 rings (SSSR count). The molecule has 1 atom stereocenters. The highest BCUT2D eigenvalue weighted by molar-refractivity contribution is 7.11. The number of thiazole rings is 1. The summed E-state index contributed by atoms with van der Waals surface area (Å²) in [5.41, 5.74) is 3.67. The van der Waals surface area contributed by atoms with Gasteiger partial charge in [-0.05, 0) is 26.7 Å². The average Bonchev–Trinajstić information content (AvgIpc) is 2.63. The number of hydrazine groups is 1. The molecule has 0 saturated heterocycles. The molecule has 102 valence electrons. The first-order valence-electron chi connectivity index (χ1n) is 6.15. The quantitative estimate of drug-likeness (QED) is 0.338. The van der Waals surface area contributed by atoms with E-state index < -0.39 is 0 Å². The minimum Gasteiger partial charge on any atom is -0.348 e. The number of nitrogens with one attached hydrogen (secondary N) is 2. The van der Waals surface area contributed by atoms with E-state index >= 15 is 0 Å². The molecule has 0 aliphatic carbocycles. The predicted molar refractivity (Wildman–Crippen MR) is 77.6 cm³/mol. The third-order valence-corrected chi connectivity index (χ3v) is 3.69. The van der Waals surface area contributed by atoms with Gasteiger partial charge in [0, 0.05) is 11.4 Å². The van der Waals surface area contributed by atoms with Crippen molar-refractivity contribution in [3.8, 4) is 0 Å². The Kier molecular flexibility index (Phi) is 5.55. The van der Waals surface area contributed by atoms with Crippen molar-refractivity contribution in [1.29, 1.82) is 0 Å². The summed E-state index contributed by atoms with van der Waals surface area (Å²) in [4.78, 5) is 10.0. The number of aryl methyl sites for hydroxylation is 2. The van der Waals surface area contributed by atoms with Crippen molar-refractivity contribution in [3.05, 3.63) is 15.6 Å². The summed E-state index contributed by atoms with van der Waals surface area (Å²) >= 11 is 1.70. The van der Waals surface area contributed by atoms with Crippen LogP contribution in [0.25, 0.3) is 0 Å². The first kappa shape index (κ1) is 14.9. The molecule has 1 aromatic heterocycles. The van der Waals surface area contributed by atoms with Crippen molar-refractivity contribution in [3.63, 3.8) is 0 Å². The smallest absolute Gasteiger partial charge is 0.206 e. The molecule has 0 aliphatic rings. The van der Waals surface area contributed by atoms with Crippen molar-refractivity contribution in [2.24, 2.45) is 16.8 Å². The standard InChI is InChI=1S/C12H23N5S/c1-7(2)6-14-12(17-13)16-9(4)11-8(3)15-10(5)18-11/h7,9H,6,13H2,1-5H3,(H2,14,16,17). The van der Waals surface area contributed by atoms with Crippen LogP contribution in [0.15, 0.2) is 4.99 Å². The number of rotatable bonds is 4. The molecule has 0 amide bonds. The van der Waals surface area contributed by atoms with Gasteiger partial charge in [0.15, 0.2) is 0 Å². The lowest BCUT2D eigenvalue weighted by Gasteiger charge is -2.16. The van der Waals surface area contributed by atoms with Gasteiger partial charge in [-0.25, -0.2) is 10.8 Å². The van der Waals surface area contributed by atoms with Gasteiger partial charge in [0.2, 0.25) is 5.96 Å². The summed E-state index contributed by atoms with van der Waals surface area (Å²) < 4.78 is 0. The number of hydrogen-bond donors (Lipinski definition) is 3. The average molecular weight is 269 g/mol. The predicted octanol–water partition coefficient (Wildman–Crippen LogP) is 1.89. The van der Waals surface area contributed by atoms with Crippen molar-refractivity contribution in [2.75, 3.05) is 6.54 Å². The van der Waals surface area contributed by atoms with Crippen LogP contribution in [0.3, 0.4) is 0 Å². The second-order valence-corrected chi connectivity index (χ2v) is 6.01. The van der Waals surface area contributed by atoms with Gasteiger partial charge >= 0.3 is 0 Å². The molecule has 0 spiro atoms. The number of nitrogens with two attached hydrogens (primary N) is 1. The SMILES string of the molecule is Cc1nc(C)c(C(C)NC(=NCC(C)C)NN)s1. The van der Waals surface area contributed by atoms with Crippen molar-refractivity contribution >= 4 is 17.3 Å². The molecule has 0 fully saturated rings. The second kappa shape index (κ2) is 6.70. The van der Waals surface area contributed by atoms with Gasteiger partial charge in [-0.2, -0.15) is 0 Å². The van der Waals surface area contributed by atoms with Gasteiger partial charge in [-0.3, -0.25) is 10.4 Å². The minimum absolute atomic E-state index is 0.151. The van der Waals surface area contributed by atoms with Gasteiger partial charge < -0.3 is 5.32 Å². The van der Waals surface area contributed by atoms with Crippen LogP contribution in [0.4, 0.5) is 0 Å². The Bertz CT molecular complexity index is 411. The molecule has 6 heteroatoms. The van der Waals surface area contributed by atoms with Gasteiger partial charge in [0.1, 0.15) is 0 Å². The summed E-state index contributed by atoms with van der Waals surface area (Å²) in [6.07, 6.45) is 0. The van der Waals surface area contributed by atoms with Gasteiger partial charge in [0.05, 0.1) is 16.7 Å². The Morgan fingerprint density at radius 3 is 2.50 bits per heavy atom. The number of aliphatic imine (C=N–C) groups is 1. The summed E-state index contributed by atoms with van der Waals surface area (Å²) in [7, 11) is 0. The second-order valence-electron chi connectivity index (χ2n) is 4.78. The van der Waals surface area contributed by atoms with E-state index in [1.165, 1.54) is 4.88 Å². The molecule has 4 N–H and O–H groups in total. The third-order valence-electron chi connectivity index (χ3n) is 2.44. The van der Waals surface area contributed by atoms with Crippen molar-refractivity contribution in [2.45, 2.75) is 40.7 Å². The lowest BCUT2D eigenvalue weighted by atomic mass is 10.2. The largest absolute Gasteiger partial charge is 0.348 e. The van der Waals surface area contributed by atoms with E-state index in [0.29, 0.717) is 11.9 Å². The lowest BCUT2D eigenvalue weighted by Crippen LogP contribution is -2.42. The van der Waals surface area contributed by atoms with E-state index in [1.807, 2.05) is 13.8 Å². The zero-order valence-corrected chi connectivity index (χ0v) is 12.6. The van der Waals surface area contributed by atoms with E-state index in [4.69, 9.17) is 5.84 Å². The third kappa shape index (κ3) is 4.27. The van der Waals surface area contributed by atoms with E-state index in [2.05, 4.69) is 41.5 Å². The van der Waals surface area contributed by atoms with E-state index in [-0.39, 0.29) is 6.04 Å². The molecule has 18 heavy (non-hydrogen) atoms. The maximum absolute atomic E-state index is 5.47. The molecule has 0 aromatic carbocycles. The van der Waals surface area contributed by atoms with Crippen LogP contribution < -0.4 is 16.6 Å². The van der Waals surface area contributed by atoms with Crippen LogP contribution in [0.2, 0.25) is 0 Å². The van der Waals surface area contributed by atoms with Crippen molar-refractivity contribution in [1.82, 2.24) is 15.7 Å². The topological polar surface area (TPSA) is 75.3 Å². The Hall–Kier alpha value is -1.14. The molecule has 1 heterocycles. The molecule has 0 saturated carbocycles. The number of guanidine groups is 1. The maximum atomic E-state index is 5.47. The molecule has 0 aliphatic heterocycles. The van der Waals surface area contributed by atoms with E-state index in [9.17, 15) is 0 Å². The van der Waals surface area contributed by atoms with Gasteiger partial charge in [-0.15, -0.1) is 11.3 Å². The molecular formula is C12H23N5S. The highest BCUT2D eigenvalue weighted by atomic mass is 32.1. The molecule has 5 nitrogen and oxygen atoms in total. The first-order chi connectivity index (χ1) is 8.43. The summed E-state index contributed by atoms with van der Waals surface area (Å²) in [6, 6.07) is 0.151. The van der Waals surface area contributed by atoms with E-state index in [1.54, 1.807) is 11.3 Å². The summed E-state index contributed by atoms with van der Waals surface area (Å²) in [6.45, 7) is 11.1.